The van der Waals surface area contributed by atoms with Crippen molar-refractivity contribution in [3.05, 3.63) is 72.7 Å². The van der Waals surface area contributed by atoms with E-state index in [1.165, 1.54) is 18.3 Å². The maximum Gasteiger partial charge on any atom is 0.417 e. The number of imidazole rings is 2. The van der Waals surface area contributed by atoms with Gasteiger partial charge in [0.2, 0.25) is 0 Å². The molecule has 0 fully saturated rings. The maximum atomic E-state index is 13.3. The van der Waals surface area contributed by atoms with E-state index >= 15 is 0 Å². The molecule has 4 aromatic rings. The molecule has 0 amide bonds. The number of alkyl halides is 3. The smallest absolute Gasteiger partial charge is 0.325 e. The van der Waals surface area contributed by atoms with Crippen molar-refractivity contribution < 1.29 is 13.2 Å². The fourth-order valence-electron chi connectivity index (χ4n) is 2.79. The Balaban J connectivity index is 1.78. The molecule has 4 rings (SSSR count). The Morgan fingerprint density at radius 3 is 2.64 bits per heavy atom. The quantitative estimate of drug-likeness (QED) is 0.570. The van der Waals surface area contributed by atoms with Crippen LogP contribution in [-0.4, -0.2) is 23.9 Å². The minimum atomic E-state index is -4.44. The van der Waals surface area contributed by atoms with Crippen LogP contribution in [0.1, 0.15) is 11.3 Å². The van der Waals surface area contributed by atoms with E-state index in [4.69, 9.17) is 0 Å². The van der Waals surface area contributed by atoms with Crippen LogP contribution in [0.15, 0.2) is 61.4 Å². The average Bonchev–Trinajstić information content (AvgIpc) is 3.22. The summed E-state index contributed by atoms with van der Waals surface area (Å²) in [6, 6.07) is 5.44. The summed E-state index contributed by atoms with van der Waals surface area (Å²) in [6.45, 7) is 0.340. The van der Waals surface area contributed by atoms with Gasteiger partial charge in [-0.05, 0) is 6.07 Å². The Morgan fingerprint density at radius 1 is 0.960 bits per heavy atom. The van der Waals surface area contributed by atoms with E-state index in [0.717, 1.165) is 11.8 Å². The first-order valence-electron chi connectivity index (χ1n) is 7.48. The molecule has 0 saturated carbocycles. The fraction of sp³-hybridized carbons (Fsp3) is 0.118. The Labute approximate surface area is 140 Å². The number of aromatic nitrogens is 5. The molecular weight excluding hydrogens is 331 g/mol. The lowest BCUT2D eigenvalue weighted by Crippen LogP contribution is -2.10. The van der Waals surface area contributed by atoms with Crippen molar-refractivity contribution in [2.24, 2.45) is 0 Å². The summed E-state index contributed by atoms with van der Waals surface area (Å²) in [4.78, 5) is 12.4. The van der Waals surface area contributed by atoms with E-state index in [2.05, 4.69) is 15.0 Å². The number of halogens is 3. The number of nitrogens with zero attached hydrogens (tertiary/aromatic N) is 5. The maximum absolute atomic E-state index is 13.3. The third-order valence-electron chi connectivity index (χ3n) is 3.92. The van der Waals surface area contributed by atoms with Gasteiger partial charge in [0.05, 0.1) is 30.2 Å². The molecule has 126 valence electrons. The van der Waals surface area contributed by atoms with Gasteiger partial charge in [-0.1, -0.05) is 18.2 Å². The van der Waals surface area contributed by atoms with Crippen LogP contribution >= 0.6 is 0 Å². The first-order valence-corrected chi connectivity index (χ1v) is 7.48. The standard InChI is InChI=1S/C17H12F3N5/c18-17(19,20)14-4-2-1-3-13(14)16-22-6-7-24(16)11-12-9-23-15-10-21-5-8-25(12)15/h1-10H,11H2. The third kappa shape index (κ3) is 2.75. The second-order valence-corrected chi connectivity index (χ2v) is 5.48. The van der Waals surface area contributed by atoms with Crippen molar-refractivity contribution in [1.29, 1.82) is 0 Å². The Bertz CT molecular complexity index is 1030. The van der Waals surface area contributed by atoms with Gasteiger partial charge in [0.25, 0.3) is 0 Å². The molecule has 3 heterocycles. The van der Waals surface area contributed by atoms with Crippen LogP contribution in [0.5, 0.6) is 0 Å². The molecule has 0 unspecified atom stereocenters. The van der Waals surface area contributed by atoms with Crippen molar-refractivity contribution in [1.82, 2.24) is 23.9 Å². The third-order valence-corrected chi connectivity index (χ3v) is 3.92. The largest absolute Gasteiger partial charge is 0.417 e. The first kappa shape index (κ1) is 15.4. The molecule has 25 heavy (non-hydrogen) atoms. The molecule has 8 heteroatoms. The van der Waals surface area contributed by atoms with Crippen LogP contribution in [0.4, 0.5) is 13.2 Å². The highest BCUT2D eigenvalue weighted by atomic mass is 19.4. The fourth-order valence-corrected chi connectivity index (χ4v) is 2.79. The number of rotatable bonds is 3. The summed E-state index contributed by atoms with van der Waals surface area (Å²) >= 11 is 0. The van der Waals surface area contributed by atoms with Crippen LogP contribution in [0.25, 0.3) is 17.0 Å². The molecule has 0 radical (unpaired) electrons. The van der Waals surface area contributed by atoms with E-state index in [0.29, 0.717) is 12.2 Å². The zero-order valence-corrected chi connectivity index (χ0v) is 12.9. The van der Waals surface area contributed by atoms with Crippen LogP contribution in [0.2, 0.25) is 0 Å². The molecule has 0 aliphatic carbocycles. The minimum absolute atomic E-state index is 0.0514. The zero-order valence-electron chi connectivity index (χ0n) is 12.9. The van der Waals surface area contributed by atoms with E-state index in [1.54, 1.807) is 41.6 Å². The van der Waals surface area contributed by atoms with E-state index in [-0.39, 0.29) is 11.4 Å². The lowest BCUT2D eigenvalue weighted by atomic mass is 10.1. The van der Waals surface area contributed by atoms with Gasteiger partial charge >= 0.3 is 6.18 Å². The normalized spacial score (nSPS) is 12.0. The molecule has 0 aliphatic rings. The van der Waals surface area contributed by atoms with Gasteiger partial charge < -0.3 is 4.57 Å². The van der Waals surface area contributed by atoms with E-state index in [1.807, 2.05) is 4.40 Å². The topological polar surface area (TPSA) is 48.0 Å². The Kier molecular flexibility index (Phi) is 3.52. The molecule has 0 saturated heterocycles. The highest BCUT2D eigenvalue weighted by Gasteiger charge is 2.34. The molecular formula is C17H12F3N5. The molecule has 0 atom stereocenters. The average molecular weight is 343 g/mol. The molecule has 0 bridgehead atoms. The lowest BCUT2D eigenvalue weighted by Gasteiger charge is -2.14. The van der Waals surface area contributed by atoms with Crippen molar-refractivity contribution in [2.75, 3.05) is 0 Å². The predicted molar refractivity (Wildman–Crippen MR) is 84.8 cm³/mol. The predicted octanol–water partition coefficient (Wildman–Crippen LogP) is 3.66. The van der Waals surface area contributed by atoms with Gasteiger partial charge in [0, 0.05) is 30.4 Å². The van der Waals surface area contributed by atoms with Gasteiger partial charge in [-0.3, -0.25) is 9.38 Å². The number of benzene rings is 1. The molecule has 1 aromatic carbocycles. The molecule has 0 N–H and O–H groups in total. The highest BCUT2D eigenvalue weighted by molar-refractivity contribution is 5.61. The zero-order chi connectivity index (χ0) is 17.4. The van der Waals surface area contributed by atoms with Crippen LogP contribution in [0.3, 0.4) is 0 Å². The molecule has 0 aliphatic heterocycles. The van der Waals surface area contributed by atoms with Crippen LogP contribution < -0.4 is 0 Å². The minimum Gasteiger partial charge on any atom is -0.325 e. The first-order chi connectivity index (χ1) is 12.0. The second-order valence-electron chi connectivity index (χ2n) is 5.48. The number of fused-ring (bicyclic) bond motifs is 1. The molecule has 5 nitrogen and oxygen atoms in total. The summed E-state index contributed by atoms with van der Waals surface area (Å²) in [6.07, 6.45) is 5.40. The van der Waals surface area contributed by atoms with Crippen molar-refractivity contribution in [3.63, 3.8) is 0 Å². The van der Waals surface area contributed by atoms with Gasteiger partial charge in [-0.2, -0.15) is 13.2 Å². The van der Waals surface area contributed by atoms with Gasteiger partial charge in [0.15, 0.2) is 5.65 Å². The molecule has 0 spiro atoms. The van der Waals surface area contributed by atoms with Gasteiger partial charge in [-0.25, -0.2) is 9.97 Å². The summed E-state index contributed by atoms with van der Waals surface area (Å²) < 4.78 is 43.4. The lowest BCUT2D eigenvalue weighted by molar-refractivity contribution is -0.137. The summed E-state index contributed by atoms with van der Waals surface area (Å²) in [5.41, 5.74) is 0.844. The number of hydrogen-bond acceptors (Lipinski definition) is 3. The monoisotopic (exact) mass is 343 g/mol. The van der Waals surface area contributed by atoms with Crippen LogP contribution in [0, 0.1) is 0 Å². The van der Waals surface area contributed by atoms with Crippen molar-refractivity contribution in [2.45, 2.75) is 12.7 Å². The van der Waals surface area contributed by atoms with Crippen LogP contribution in [-0.2, 0) is 12.7 Å². The summed E-state index contributed by atoms with van der Waals surface area (Å²) in [5.74, 6) is 0.261. The number of hydrogen-bond donors (Lipinski definition) is 0. The van der Waals surface area contributed by atoms with Crippen molar-refractivity contribution in [3.8, 4) is 11.4 Å². The van der Waals surface area contributed by atoms with Crippen molar-refractivity contribution >= 4 is 5.65 Å². The van der Waals surface area contributed by atoms with Gasteiger partial charge in [-0.15, -0.1) is 0 Å². The SMILES string of the molecule is FC(F)(F)c1ccccc1-c1nccn1Cc1cnc2cnccn12. The summed E-state index contributed by atoms with van der Waals surface area (Å²) in [5, 5.41) is 0. The van der Waals surface area contributed by atoms with E-state index in [9.17, 15) is 13.2 Å². The van der Waals surface area contributed by atoms with E-state index < -0.39 is 11.7 Å². The summed E-state index contributed by atoms with van der Waals surface area (Å²) in [7, 11) is 0. The van der Waals surface area contributed by atoms with Gasteiger partial charge in [0.1, 0.15) is 5.82 Å². The molecule has 3 aromatic heterocycles. The Hall–Kier alpha value is -3.16. The second kappa shape index (κ2) is 5.73. The Morgan fingerprint density at radius 2 is 1.80 bits per heavy atom. The highest BCUT2D eigenvalue weighted by Crippen LogP contribution is 2.36.